The lowest BCUT2D eigenvalue weighted by Crippen LogP contribution is -2.47. The van der Waals surface area contributed by atoms with E-state index in [-0.39, 0.29) is 5.82 Å². The van der Waals surface area contributed by atoms with Crippen molar-refractivity contribution in [2.24, 2.45) is 0 Å². The number of ether oxygens (including phenoxy) is 1. The molecule has 0 aromatic heterocycles. The first-order valence-electron chi connectivity index (χ1n) is 8.20. The van der Waals surface area contributed by atoms with Gasteiger partial charge in [0.1, 0.15) is 11.6 Å². The molecule has 1 N–H and O–H groups in total. The second-order valence-corrected chi connectivity index (χ2v) is 6.06. The average Bonchev–Trinajstić information content (AvgIpc) is 2.63. The van der Waals surface area contributed by atoms with Gasteiger partial charge >= 0.3 is 0 Å². The lowest BCUT2D eigenvalue weighted by Gasteiger charge is -2.37. The molecule has 24 heavy (non-hydrogen) atoms. The summed E-state index contributed by atoms with van der Waals surface area (Å²) in [4.78, 5) is 4.50. The molecule has 1 aliphatic heterocycles. The molecule has 0 amide bonds. The van der Waals surface area contributed by atoms with Crippen molar-refractivity contribution in [3.8, 4) is 5.75 Å². The van der Waals surface area contributed by atoms with Gasteiger partial charge in [-0.15, -0.1) is 0 Å². The molecule has 128 valence electrons. The van der Waals surface area contributed by atoms with Crippen molar-refractivity contribution in [3.05, 3.63) is 59.9 Å². The van der Waals surface area contributed by atoms with Crippen LogP contribution in [0.3, 0.4) is 0 Å². The molecule has 1 fully saturated rings. The second-order valence-electron chi connectivity index (χ2n) is 6.06. The molecule has 0 spiro atoms. The molecule has 0 saturated carbocycles. The first kappa shape index (κ1) is 16.7. The highest BCUT2D eigenvalue weighted by Gasteiger charge is 2.20. The Balaban J connectivity index is 1.54. The summed E-state index contributed by atoms with van der Waals surface area (Å²) in [5.74, 6) is 0.548. The number of hydrogen-bond acceptors (Lipinski definition) is 4. The first-order chi connectivity index (χ1) is 11.7. The Morgan fingerprint density at radius 3 is 2.46 bits per heavy atom. The van der Waals surface area contributed by atoms with E-state index in [4.69, 9.17) is 4.74 Å². The van der Waals surface area contributed by atoms with Crippen molar-refractivity contribution in [1.29, 1.82) is 0 Å². The molecular weight excluding hydrogens is 307 g/mol. The van der Waals surface area contributed by atoms with E-state index in [9.17, 15) is 9.50 Å². The van der Waals surface area contributed by atoms with E-state index in [1.165, 1.54) is 12.1 Å². The second kappa shape index (κ2) is 7.64. The van der Waals surface area contributed by atoms with Gasteiger partial charge in [-0.2, -0.15) is 0 Å². The number of anilines is 1. The fourth-order valence-corrected chi connectivity index (χ4v) is 3.04. The lowest BCUT2D eigenvalue weighted by molar-refractivity contribution is 0.109. The van der Waals surface area contributed by atoms with Crippen LogP contribution in [0.2, 0.25) is 0 Å². The number of aliphatic hydroxyl groups excluding tert-OH is 1. The highest BCUT2D eigenvalue weighted by molar-refractivity contribution is 5.46. The highest BCUT2D eigenvalue weighted by atomic mass is 19.1. The van der Waals surface area contributed by atoms with Gasteiger partial charge in [-0.3, -0.25) is 4.90 Å². The Hall–Kier alpha value is -2.11. The van der Waals surface area contributed by atoms with Gasteiger partial charge in [0.15, 0.2) is 0 Å². The summed E-state index contributed by atoms with van der Waals surface area (Å²) in [5, 5.41) is 10.5. The molecule has 0 bridgehead atoms. The van der Waals surface area contributed by atoms with Crippen LogP contribution >= 0.6 is 0 Å². The highest BCUT2D eigenvalue weighted by Crippen LogP contribution is 2.21. The van der Waals surface area contributed by atoms with E-state index in [1.807, 2.05) is 36.4 Å². The van der Waals surface area contributed by atoms with Crippen molar-refractivity contribution < 1.29 is 14.2 Å². The molecule has 1 heterocycles. The number of rotatable bonds is 5. The number of hydrogen-bond donors (Lipinski definition) is 1. The smallest absolute Gasteiger partial charge is 0.123 e. The molecule has 2 aromatic carbocycles. The number of methoxy groups -OCH3 is 1. The van der Waals surface area contributed by atoms with E-state index in [1.54, 1.807) is 7.11 Å². The molecule has 0 aliphatic carbocycles. The summed E-state index contributed by atoms with van der Waals surface area (Å²) in [6, 6.07) is 14.2. The molecular formula is C19H23FN2O2. The fourth-order valence-electron chi connectivity index (χ4n) is 3.04. The van der Waals surface area contributed by atoms with Crippen molar-refractivity contribution in [1.82, 2.24) is 4.90 Å². The zero-order valence-electron chi connectivity index (χ0n) is 13.9. The standard InChI is InChI=1S/C19H23FN2O2/c1-24-18-4-2-3-15(13-18)19(23)14-21-9-11-22(12-10-21)17-7-5-16(20)6-8-17/h2-8,13,19,23H,9-12,14H2,1H3/t19-/m1/s1. The summed E-state index contributed by atoms with van der Waals surface area (Å²) in [6.45, 7) is 4.09. The zero-order chi connectivity index (χ0) is 16.9. The van der Waals surface area contributed by atoms with Gasteiger partial charge < -0.3 is 14.7 Å². The van der Waals surface area contributed by atoms with Crippen LogP contribution in [0.15, 0.2) is 48.5 Å². The third-order valence-electron chi connectivity index (χ3n) is 4.47. The monoisotopic (exact) mass is 330 g/mol. The van der Waals surface area contributed by atoms with Gasteiger partial charge in [0, 0.05) is 38.4 Å². The molecule has 1 saturated heterocycles. The predicted octanol–water partition coefficient (Wildman–Crippen LogP) is 2.69. The number of piperazine rings is 1. The van der Waals surface area contributed by atoms with Crippen LogP contribution in [-0.2, 0) is 0 Å². The van der Waals surface area contributed by atoms with E-state index in [0.717, 1.165) is 43.2 Å². The summed E-state index contributed by atoms with van der Waals surface area (Å²) < 4.78 is 18.2. The van der Waals surface area contributed by atoms with Crippen molar-refractivity contribution in [3.63, 3.8) is 0 Å². The Labute approximate surface area is 142 Å². The van der Waals surface area contributed by atoms with Crippen LogP contribution in [0.4, 0.5) is 10.1 Å². The van der Waals surface area contributed by atoms with Gasteiger partial charge in [0.05, 0.1) is 13.2 Å². The zero-order valence-corrected chi connectivity index (χ0v) is 13.9. The van der Waals surface area contributed by atoms with Gasteiger partial charge in [-0.05, 0) is 42.0 Å². The topological polar surface area (TPSA) is 35.9 Å². The quantitative estimate of drug-likeness (QED) is 0.914. The van der Waals surface area contributed by atoms with Crippen molar-refractivity contribution >= 4 is 5.69 Å². The average molecular weight is 330 g/mol. The summed E-state index contributed by atoms with van der Waals surface area (Å²) in [6.07, 6.45) is -0.530. The molecule has 4 nitrogen and oxygen atoms in total. The lowest BCUT2D eigenvalue weighted by atomic mass is 10.1. The van der Waals surface area contributed by atoms with E-state index >= 15 is 0 Å². The summed E-state index contributed by atoms with van der Waals surface area (Å²) >= 11 is 0. The van der Waals surface area contributed by atoms with E-state index in [2.05, 4.69) is 9.80 Å². The van der Waals surface area contributed by atoms with Gasteiger partial charge in [-0.1, -0.05) is 12.1 Å². The normalized spacial score (nSPS) is 16.9. The Kier molecular flexibility index (Phi) is 5.33. The Bertz CT molecular complexity index is 655. The number of β-amino-alcohol motifs (C(OH)–C–C–N with tert-alkyl or cyclic N) is 1. The van der Waals surface area contributed by atoms with Crippen LogP contribution in [0, 0.1) is 5.82 Å². The Morgan fingerprint density at radius 2 is 1.79 bits per heavy atom. The minimum atomic E-state index is -0.530. The van der Waals surface area contributed by atoms with Crippen LogP contribution in [0.1, 0.15) is 11.7 Å². The fraction of sp³-hybridized carbons (Fsp3) is 0.368. The molecule has 2 aromatic rings. The Morgan fingerprint density at radius 1 is 1.08 bits per heavy atom. The minimum absolute atomic E-state index is 0.209. The van der Waals surface area contributed by atoms with Crippen molar-refractivity contribution in [2.75, 3.05) is 44.7 Å². The number of aliphatic hydroxyl groups is 1. The maximum absolute atomic E-state index is 13.0. The van der Waals surface area contributed by atoms with Gasteiger partial charge in [0.25, 0.3) is 0 Å². The molecule has 5 heteroatoms. The van der Waals surface area contributed by atoms with Crippen LogP contribution in [0.5, 0.6) is 5.75 Å². The van der Waals surface area contributed by atoms with Crippen LogP contribution in [-0.4, -0.2) is 49.8 Å². The van der Waals surface area contributed by atoms with Crippen molar-refractivity contribution in [2.45, 2.75) is 6.10 Å². The third kappa shape index (κ3) is 4.04. The summed E-state index contributed by atoms with van der Waals surface area (Å²) in [7, 11) is 1.63. The van der Waals surface area contributed by atoms with Gasteiger partial charge in [-0.25, -0.2) is 4.39 Å². The van der Waals surface area contributed by atoms with Crippen LogP contribution < -0.4 is 9.64 Å². The molecule has 3 rings (SSSR count). The molecule has 1 aliphatic rings. The largest absolute Gasteiger partial charge is 0.497 e. The first-order valence-corrected chi connectivity index (χ1v) is 8.20. The number of benzene rings is 2. The maximum Gasteiger partial charge on any atom is 0.123 e. The number of nitrogens with zero attached hydrogens (tertiary/aromatic N) is 2. The van der Waals surface area contributed by atoms with E-state index < -0.39 is 6.10 Å². The van der Waals surface area contributed by atoms with Crippen LogP contribution in [0.25, 0.3) is 0 Å². The molecule has 0 unspecified atom stereocenters. The maximum atomic E-state index is 13.0. The summed E-state index contributed by atoms with van der Waals surface area (Å²) in [5.41, 5.74) is 1.92. The molecule has 1 atom stereocenters. The third-order valence-corrected chi connectivity index (χ3v) is 4.47. The number of halogens is 1. The van der Waals surface area contributed by atoms with Gasteiger partial charge in [0.2, 0.25) is 0 Å². The minimum Gasteiger partial charge on any atom is -0.497 e. The molecule has 0 radical (unpaired) electrons. The van der Waals surface area contributed by atoms with E-state index in [0.29, 0.717) is 6.54 Å². The SMILES string of the molecule is COc1cccc([C@H](O)CN2CCN(c3ccc(F)cc3)CC2)c1. The predicted molar refractivity (Wildman–Crippen MR) is 93.0 cm³/mol.